The van der Waals surface area contributed by atoms with Crippen molar-refractivity contribution in [1.82, 2.24) is 14.9 Å². The normalized spacial score (nSPS) is 22.5. The van der Waals surface area contributed by atoms with Gasteiger partial charge in [-0.3, -0.25) is 9.69 Å². The minimum Gasteiger partial charge on any atom is -0.507 e. The van der Waals surface area contributed by atoms with Gasteiger partial charge < -0.3 is 26.8 Å². The van der Waals surface area contributed by atoms with Crippen molar-refractivity contribution in [1.29, 1.82) is 0 Å². The first-order chi connectivity index (χ1) is 23.4. The van der Waals surface area contributed by atoms with E-state index in [1.54, 1.807) is 18.3 Å². The quantitative estimate of drug-likeness (QED) is 0.164. The molecule has 48 heavy (non-hydrogen) atoms. The van der Waals surface area contributed by atoms with Crippen LogP contribution in [0.5, 0.6) is 5.75 Å². The highest BCUT2D eigenvalue weighted by molar-refractivity contribution is 5.80. The topological polar surface area (TPSA) is 134 Å². The Balaban J connectivity index is 1.07. The van der Waals surface area contributed by atoms with Crippen LogP contribution in [0.15, 0.2) is 103 Å². The molecule has 4 aromatic rings. The van der Waals surface area contributed by atoms with E-state index in [1.807, 2.05) is 42.5 Å². The van der Waals surface area contributed by atoms with Crippen LogP contribution in [0.4, 0.5) is 23.0 Å². The Morgan fingerprint density at radius 1 is 1.00 bits per heavy atom. The van der Waals surface area contributed by atoms with Gasteiger partial charge in [0.05, 0.1) is 23.0 Å². The number of benzene rings is 2. The number of pyridine rings is 2. The highest BCUT2D eigenvalue weighted by atomic mass is 16.3. The number of nitrogens with two attached hydrogens (primary N) is 2. The van der Waals surface area contributed by atoms with Crippen molar-refractivity contribution in [2.24, 2.45) is 11.3 Å². The lowest BCUT2D eigenvalue weighted by atomic mass is 9.79. The van der Waals surface area contributed by atoms with Crippen LogP contribution in [0.1, 0.15) is 35.2 Å². The number of aromatic nitrogens is 2. The summed E-state index contributed by atoms with van der Waals surface area (Å²) >= 11 is 0. The molecule has 3 aliphatic rings. The number of likely N-dealkylation sites (tertiary alicyclic amines) is 1. The number of carbonyl (C=O) groups excluding carboxylic acids is 1. The minimum atomic E-state index is -0.0342. The summed E-state index contributed by atoms with van der Waals surface area (Å²) < 4.78 is 0. The summed E-state index contributed by atoms with van der Waals surface area (Å²) in [7, 11) is 0. The highest BCUT2D eigenvalue weighted by Gasteiger charge is 2.41. The Kier molecular flexibility index (Phi) is 8.86. The summed E-state index contributed by atoms with van der Waals surface area (Å²) in [6.07, 6.45) is 13.5. The first-order valence-corrected chi connectivity index (χ1v) is 16.8. The van der Waals surface area contributed by atoms with Gasteiger partial charge in [0.2, 0.25) is 0 Å². The standard InChI is InChI=1S/C39H43N7O2/c40-33-12-14-34(28-6-2-1-3-7-28)43-38(33)44-35-13-9-27(20-31(35)21-29-8-4-17-42-37(29)41)23-45-19-16-39(25-45)15-5-18-46(26-39)32-11-10-30(24-47)36(48)22-32/h1-4,6-14,17,20,22,24,31,35,48H,5,15-16,18-19,21,23,25-26,40H2,(H2,41,42)(H,43,44). The monoisotopic (exact) mass is 641 g/mol. The van der Waals surface area contributed by atoms with Gasteiger partial charge in [0.25, 0.3) is 0 Å². The van der Waals surface area contributed by atoms with Gasteiger partial charge >= 0.3 is 0 Å². The summed E-state index contributed by atoms with van der Waals surface area (Å²) in [5, 5.41) is 14.0. The molecular formula is C39H43N7O2. The number of aromatic hydroxyl groups is 1. The number of phenolic OH excluding ortho intramolecular Hbond substituents is 1. The number of nitrogen functional groups attached to an aromatic ring is 2. The summed E-state index contributed by atoms with van der Waals surface area (Å²) in [6, 6.07) is 23.4. The number of aldehydes is 1. The average molecular weight is 642 g/mol. The van der Waals surface area contributed by atoms with E-state index < -0.39 is 0 Å². The average Bonchev–Trinajstić information content (AvgIpc) is 3.48. The third kappa shape index (κ3) is 6.78. The molecule has 7 rings (SSSR count). The van der Waals surface area contributed by atoms with Gasteiger partial charge in [0.15, 0.2) is 6.29 Å². The van der Waals surface area contributed by atoms with Crippen LogP contribution in [0.2, 0.25) is 0 Å². The van der Waals surface area contributed by atoms with E-state index in [4.69, 9.17) is 16.5 Å². The fourth-order valence-electron chi connectivity index (χ4n) is 7.65. The Hall–Kier alpha value is -5.15. The Morgan fingerprint density at radius 2 is 1.88 bits per heavy atom. The van der Waals surface area contributed by atoms with Crippen molar-refractivity contribution in [3.05, 3.63) is 114 Å². The van der Waals surface area contributed by atoms with Crippen molar-refractivity contribution < 1.29 is 9.90 Å². The van der Waals surface area contributed by atoms with Crippen LogP contribution < -0.4 is 21.7 Å². The molecule has 1 spiro atoms. The number of rotatable bonds is 9. The number of nitrogens with zero attached hydrogens (tertiary/aromatic N) is 4. The Bertz CT molecular complexity index is 1840. The molecule has 2 aromatic carbocycles. The van der Waals surface area contributed by atoms with E-state index in [0.717, 1.165) is 74.5 Å². The maximum absolute atomic E-state index is 11.2. The Morgan fingerprint density at radius 3 is 2.69 bits per heavy atom. The van der Waals surface area contributed by atoms with Gasteiger partial charge in [-0.15, -0.1) is 0 Å². The van der Waals surface area contributed by atoms with Crippen LogP contribution in [0.25, 0.3) is 11.3 Å². The SMILES string of the molecule is Nc1ccc(-c2ccccc2)nc1NC1C=CC(CN2CCC3(CCCN(c4ccc(C=O)c(O)c4)C3)C2)=CC1Cc1cccnc1N. The van der Waals surface area contributed by atoms with E-state index in [2.05, 4.69) is 56.5 Å². The molecule has 0 radical (unpaired) electrons. The van der Waals surface area contributed by atoms with E-state index >= 15 is 0 Å². The van der Waals surface area contributed by atoms with Crippen molar-refractivity contribution >= 4 is 29.3 Å². The maximum atomic E-state index is 11.2. The molecule has 2 fully saturated rings. The van der Waals surface area contributed by atoms with Crippen LogP contribution in [0.3, 0.4) is 0 Å². The summed E-state index contributed by atoms with van der Waals surface area (Å²) in [6.45, 7) is 4.85. The number of nitrogens with one attached hydrogen (secondary N) is 1. The van der Waals surface area contributed by atoms with Crippen molar-refractivity contribution in [3.63, 3.8) is 0 Å². The summed E-state index contributed by atoms with van der Waals surface area (Å²) in [5.41, 5.74) is 19.1. The molecule has 2 saturated heterocycles. The zero-order chi connectivity index (χ0) is 33.1. The third-order valence-electron chi connectivity index (χ3n) is 10.2. The van der Waals surface area contributed by atoms with Crippen molar-refractivity contribution in [2.75, 3.05) is 54.4 Å². The smallest absolute Gasteiger partial charge is 0.153 e. The van der Waals surface area contributed by atoms with E-state index in [1.165, 1.54) is 12.0 Å². The van der Waals surface area contributed by atoms with Crippen LogP contribution in [-0.4, -0.2) is 65.0 Å². The molecule has 0 bridgehead atoms. The molecule has 0 amide bonds. The maximum Gasteiger partial charge on any atom is 0.153 e. The lowest BCUT2D eigenvalue weighted by Gasteiger charge is -2.42. The van der Waals surface area contributed by atoms with Crippen molar-refractivity contribution in [3.8, 4) is 17.0 Å². The number of piperidine rings is 1. The summed E-state index contributed by atoms with van der Waals surface area (Å²) in [4.78, 5) is 25.4. The number of hydrogen-bond donors (Lipinski definition) is 4. The first kappa shape index (κ1) is 31.4. The lowest BCUT2D eigenvalue weighted by Crippen LogP contribution is -2.45. The zero-order valence-corrected chi connectivity index (χ0v) is 27.1. The van der Waals surface area contributed by atoms with Crippen LogP contribution >= 0.6 is 0 Å². The minimum absolute atomic E-state index is 0.0342. The lowest BCUT2D eigenvalue weighted by molar-refractivity contribution is 0.112. The molecule has 9 nitrogen and oxygen atoms in total. The van der Waals surface area contributed by atoms with E-state index in [9.17, 15) is 9.90 Å². The van der Waals surface area contributed by atoms with E-state index in [0.29, 0.717) is 29.2 Å². The fraction of sp³-hybridized carbons (Fsp3) is 0.308. The summed E-state index contributed by atoms with van der Waals surface area (Å²) in [5.74, 6) is 1.39. The van der Waals surface area contributed by atoms with Gasteiger partial charge in [-0.05, 0) is 73.7 Å². The second kappa shape index (κ2) is 13.5. The van der Waals surface area contributed by atoms with Gasteiger partial charge in [-0.25, -0.2) is 9.97 Å². The second-order valence-corrected chi connectivity index (χ2v) is 13.5. The largest absolute Gasteiger partial charge is 0.507 e. The fourth-order valence-corrected chi connectivity index (χ4v) is 7.65. The molecule has 4 heterocycles. The first-order valence-electron chi connectivity index (χ1n) is 16.8. The molecule has 6 N–H and O–H groups in total. The molecular weight excluding hydrogens is 598 g/mol. The Labute approximate surface area is 282 Å². The van der Waals surface area contributed by atoms with Gasteiger partial charge in [0.1, 0.15) is 17.4 Å². The highest BCUT2D eigenvalue weighted by Crippen LogP contribution is 2.41. The molecule has 3 unspecified atom stereocenters. The molecule has 0 saturated carbocycles. The van der Waals surface area contributed by atoms with Gasteiger partial charge in [0, 0.05) is 61.0 Å². The predicted octanol–water partition coefficient (Wildman–Crippen LogP) is 5.95. The third-order valence-corrected chi connectivity index (χ3v) is 10.2. The number of hydrogen-bond acceptors (Lipinski definition) is 9. The molecule has 2 aromatic heterocycles. The number of anilines is 4. The molecule has 9 heteroatoms. The van der Waals surface area contributed by atoms with Crippen molar-refractivity contribution in [2.45, 2.75) is 31.7 Å². The predicted molar refractivity (Wildman–Crippen MR) is 193 cm³/mol. The number of carbonyl (C=O) groups is 1. The molecule has 1 aliphatic carbocycles. The van der Waals surface area contributed by atoms with Crippen LogP contribution in [0, 0.1) is 11.3 Å². The number of phenols is 1. The second-order valence-electron chi connectivity index (χ2n) is 13.5. The van der Waals surface area contributed by atoms with Gasteiger partial charge in [-0.1, -0.05) is 54.6 Å². The molecule has 2 aliphatic heterocycles. The van der Waals surface area contributed by atoms with Gasteiger partial charge in [-0.2, -0.15) is 0 Å². The van der Waals surface area contributed by atoms with Crippen LogP contribution in [-0.2, 0) is 6.42 Å². The van der Waals surface area contributed by atoms with E-state index in [-0.39, 0.29) is 23.1 Å². The molecule has 3 atom stereocenters. The molecule has 246 valence electrons. The zero-order valence-electron chi connectivity index (χ0n) is 27.1.